The molecule has 0 spiro atoms. The number of benzene rings is 2. The van der Waals surface area contributed by atoms with Crippen LogP contribution in [0.1, 0.15) is 56.2 Å². The Bertz CT molecular complexity index is 1410. The first-order chi connectivity index (χ1) is 21.4. The molecule has 0 unspecified atom stereocenters. The van der Waals surface area contributed by atoms with Gasteiger partial charge in [-0.2, -0.15) is 0 Å². The molecule has 0 bridgehead atoms. The van der Waals surface area contributed by atoms with Crippen LogP contribution in [0, 0.1) is 0 Å². The third-order valence-electron chi connectivity index (χ3n) is 8.55. The Kier molecular flexibility index (Phi) is 11.5. The molecule has 2 heterocycles. The molecule has 44 heavy (non-hydrogen) atoms. The summed E-state index contributed by atoms with van der Waals surface area (Å²) in [5.74, 6) is -0.148. The van der Waals surface area contributed by atoms with Crippen LogP contribution >= 0.6 is 22.9 Å². The normalized spacial score (nSPS) is 18.3. The number of amides is 3. The number of carbonyl (C=O) groups is 3. The van der Waals surface area contributed by atoms with Crippen LogP contribution in [0.3, 0.4) is 0 Å². The van der Waals surface area contributed by atoms with Crippen LogP contribution in [-0.4, -0.2) is 72.0 Å². The number of ether oxygens (including phenoxy) is 1. The summed E-state index contributed by atoms with van der Waals surface area (Å²) in [4.78, 5) is 45.4. The molecular weight excluding hydrogens is 598 g/mol. The SMILES string of the molecule is NCCCC[C@@H](NC1CCCCC1)C(=O)N1CCN(C(=O)Oc2ccc3ccccc3c2Cl)C[C@H]1C(=O)NCc1cccs1. The Morgan fingerprint density at radius 3 is 2.61 bits per heavy atom. The first kappa shape index (κ1) is 32.2. The minimum Gasteiger partial charge on any atom is -0.409 e. The number of nitrogens with zero attached hydrogens (tertiary/aromatic N) is 2. The summed E-state index contributed by atoms with van der Waals surface area (Å²) in [6.45, 7) is 1.40. The van der Waals surface area contributed by atoms with Gasteiger partial charge in [0.2, 0.25) is 11.8 Å². The van der Waals surface area contributed by atoms with Gasteiger partial charge in [0, 0.05) is 29.4 Å². The topological polar surface area (TPSA) is 117 Å². The highest BCUT2D eigenvalue weighted by Gasteiger charge is 2.40. The summed E-state index contributed by atoms with van der Waals surface area (Å²) in [5.41, 5.74) is 5.76. The second-order valence-electron chi connectivity index (χ2n) is 11.6. The molecule has 5 rings (SSSR count). The maximum atomic E-state index is 14.2. The lowest BCUT2D eigenvalue weighted by Crippen LogP contribution is -2.64. The second-order valence-corrected chi connectivity index (χ2v) is 13.0. The number of fused-ring (bicyclic) bond motifs is 1. The highest BCUT2D eigenvalue weighted by atomic mass is 35.5. The van der Waals surface area contributed by atoms with Crippen LogP contribution in [0.15, 0.2) is 53.9 Å². The molecule has 1 aromatic heterocycles. The third-order valence-corrected chi connectivity index (χ3v) is 9.82. The van der Waals surface area contributed by atoms with Crippen molar-refractivity contribution in [3.63, 3.8) is 0 Å². The van der Waals surface area contributed by atoms with Crippen molar-refractivity contribution in [2.75, 3.05) is 26.2 Å². The summed E-state index contributed by atoms with van der Waals surface area (Å²) in [6.07, 6.45) is 7.31. The van der Waals surface area contributed by atoms with Gasteiger partial charge in [-0.05, 0) is 55.1 Å². The molecule has 2 atom stereocenters. The smallest absolute Gasteiger partial charge is 0.409 e. The first-order valence-electron chi connectivity index (χ1n) is 15.6. The number of thiophene rings is 1. The van der Waals surface area contributed by atoms with Crippen LogP contribution in [0.2, 0.25) is 5.02 Å². The molecule has 2 fully saturated rings. The quantitative estimate of drug-likeness (QED) is 0.245. The van der Waals surface area contributed by atoms with Crippen molar-refractivity contribution in [2.45, 2.75) is 76.0 Å². The molecule has 2 aromatic carbocycles. The predicted molar refractivity (Wildman–Crippen MR) is 175 cm³/mol. The predicted octanol–water partition coefficient (Wildman–Crippen LogP) is 5.30. The summed E-state index contributed by atoms with van der Waals surface area (Å²) < 4.78 is 5.75. The second kappa shape index (κ2) is 15.7. The van der Waals surface area contributed by atoms with Crippen LogP contribution in [0.25, 0.3) is 10.8 Å². The fourth-order valence-electron chi connectivity index (χ4n) is 6.12. The Hall–Kier alpha value is -3.18. The molecule has 1 aliphatic heterocycles. The Morgan fingerprint density at radius 1 is 1.02 bits per heavy atom. The monoisotopic (exact) mass is 639 g/mol. The van der Waals surface area contributed by atoms with E-state index in [4.69, 9.17) is 22.1 Å². The van der Waals surface area contributed by atoms with E-state index in [2.05, 4.69) is 10.6 Å². The van der Waals surface area contributed by atoms with Gasteiger partial charge in [0.1, 0.15) is 6.04 Å². The van der Waals surface area contributed by atoms with Gasteiger partial charge >= 0.3 is 6.09 Å². The minimum atomic E-state index is -0.860. The van der Waals surface area contributed by atoms with E-state index >= 15 is 0 Å². The van der Waals surface area contributed by atoms with E-state index in [-0.39, 0.29) is 43.2 Å². The molecule has 2 aliphatic rings. The van der Waals surface area contributed by atoms with Gasteiger partial charge in [-0.25, -0.2) is 4.79 Å². The van der Waals surface area contributed by atoms with Gasteiger partial charge in [-0.15, -0.1) is 11.3 Å². The average molecular weight is 640 g/mol. The van der Waals surface area contributed by atoms with Crippen molar-refractivity contribution in [3.05, 3.63) is 63.8 Å². The number of hydrogen-bond donors (Lipinski definition) is 3. The molecule has 1 saturated heterocycles. The fourth-order valence-corrected chi connectivity index (χ4v) is 7.04. The number of carbonyl (C=O) groups excluding carboxylic acids is 3. The third kappa shape index (κ3) is 8.10. The number of piperazine rings is 1. The maximum absolute atomic E-state index is 14.2. The summed E-state index contributed by atoms with van der Waals surface area (Å²) in [7, 11) is 0. The van der Waals surface area contributed by atoms with Gasteiger partial charge in [-0.3, -0.25) is 9.59 Å². The zero-order valence-electron chi connectivity index (χ0n) is 25.0. The summed E-state index contributed by atoms with van der Waals surface area (Å²) >= 11 is 8.15. The fraction of sp³-hybridized carbons (Fsp3) is 0.485. The Balaban J connectivity index is 1.32. The molecule has 4 N–H and O–H groups in total. The van der Waals surface area contributed by atoms with Crippen LogP contribution in [0.4, 0.5) is 4.79 Å². The van der Waals surface area contributed by atoms with Crippen molar-refractivity contribution in [1.82, 2.24) is 20.4 Å². The summed E-state index contributed by atoms with van der Waals surface area (Å²) in [5, 5.41) is 10.7. The first-order valence-corrected chi connectivity index (χ1v) is 16.9. The van der Waals surface area contributed by atoms with Crippen molar-refractivity contribution < 1.29 is 19.1 Å². The largest absolute Gasteiger partial charge is 0.415 e. The van der Waals surface area contributed by atoms with Crippen molar-refractivity contribution in [3.8, 4) is 5.75 Å². The Labute approximate surface area is 268 Å². The maximum Gasteiger partial charge on any atom is 0.415 e. The van der Waals surface area contributed by atoms with Gasteiger partial charge in [-0.1, -0.05) is 73.7 Å². The molecule has 0 radical (unpaired) electrons. The van der Waals surface area contributed by atoms with Crippen molar-refractivity contribution in [1.29, 1.82) is 0 Å². The van der Waals surface area contributed by atoms with E-state index in [1.807, 2.05) is 47.8 Å². The lowest BCUT2D eigenvalue weighted by atomic mass is 9.94. The van der Waals surface area contributed by atoms with E-state index in [0.29, 0.717) is 24.5 Å². The molecular formula is C33H42ClN5O4S. The number of nitrogens with one attached hydrogen (secondary N) is 2. The van der Waals surface area contributed by atoms with E-state index in [9.17, 15) is 14.4 Å². The van der Waals surface area contributed by atoms with Crippen LogP contribution in [-0.2, 0) is 16.1 Å². The van der Waals surface area contributed by atoms with Gasteiger partial charge < -0.3 is 30.9 Å². The van der Waals surface area contributed by atoms with Gasteiger partial charge in [0.25, 0.3) is 0 Å². The Morgan fingerprint density at radius 2 is 1.84 bits per heavy atom. The number of halogens is 1. The number of hydrogen-bond acceptors (Lipinski definition) is 7. The number of nitrogens with two attached hydrogens (primary N) is 1. The van der Waals surface area contributed by atoms with E-state index in [1.165, 1.54) is 11.3 Å². The van der Waals surface area contributed by atoms with Crippen LogP contribution < -0.4 is 21.1 Å². The van der Waals surface area contributed by atoms with Crippen molar-refractivity contribution >= 4 is 51.6 Å². The van der Waals surface area contributed by atoms with Gasteiger partial charge in [0.05, 0.1) is 24.2 Å². The summed E-state index contributed by atoms with van der Waals surface area (Å²) in [6, 6.07) is 14.0. The molecule has 1 saturated carbocycles. The standard InChI is InChI=1S/C33H42ClN5O4S/c34-30-26-13-5-4-9-23(26)15-16-29(30)43-33(42)38-18-19-39(28(22-38)31(40)36-21-25-12-8-20-44-25)32(41)27(14-6-7-17-35)37-24-10-2-1-3-11-24/h4-5,8-9,12-13,15-16,20,24,27-28,37H,1-3,6-7,10-11,14,17-19,21-22,35H2,(H,36,40)/t27-,28+/m1/s1. The van der Waals surface area contributed by atoms with Crippen molar-refractivity contribution in [2.24, 2.45) is 5.73 Å². The zero-order valence-corrected chi connectivity index (χ0v) is 26.6. The number of rotatable bonds is 11. The van der Waals surface area contributed by atoms with Crippen LogP contribution in [0.5, 0.6) is 5.75 Å². The molecule has 236 valence electrons. The molecule has 9 nitrogen and oxygen atoms in total. The molecule has 3 aromatic rings. The number of unbranched alkanes of at least 4 members (excludes halogenated alkanes) is 1. The highest BCUT2D eigenvalue weighted by molar-refractivity contribution is 7.09. The molecule has 1 aliphatic carbocycles. The average Bonchev–Trinajstić information content (AvgIpc) is 3.58. The molecule has 11 heteroatoms. The van der Waals surface area contributed by atoms with E-state index < -0.39 is 18.2 Å². The zero-order chi connectivity index (χ0) is 30.9. The van der Waals surface area contributed by atoms with E-state index in [0.717, 1.165) is 54.2 Å². The molecule has 3 amide bonds. The minimum absolute atomic E-state index is 0.0188. The van der Waals surface area contributed by atoms with Gasteiger partial charge in [0.15, 0.2) is 5.75 Å². The lowest BCUT2D eigenvalue weighted by molar-refractivity contribution is -0.145. The highest BCUT2D eigenvalue weighted by Crippen LogP contribution is 2.33. The lowest BCUT2D eigenvalue weighted by Gasteiger charge is -2.42. The van der Waals surface area contributed by atoms with E-state index in [1.54, 1.807) is 22.3 Å².